The largest absolute Gasteiger partial charge is 0.378 e. The van der Waals surface area contributed by atoms with Gasteiger partial charge < -0.3 is 15.4 Å². The highest BCUT2D eigenvalue weighted by atomic mass is 16.5. The number of carbonyl (C=O) groups is 1. The first kappa shape index (κ1) is 15.3. The van der Waals surface area contributed by atoms with E-state index in [2.05, 4.69) is 25.6 Å². The molecule has 3 aliphatic rings. The topological polar surface area (TPSA) is 60.1 Å². The lowest BCUT2D eigenvalue weighted by Crippen LogP contribution is -2.69. The molecule has 2 N–H and O–H groups in total. The number of carbonyl (C=O) groups excluding carboxylic acids is 1. The first-order valence-electron chi connectivity index (χ1n) is 8.04. The van der Waals surface area contributed by atoms with Gasteiger partial charge in [0.2, 0.25) is 0 Å². The number of morpholine rings is 1. The molecule has 7 nitrogen and oxygen atoms in total. The minimum Gasteiger partial charge on any atom is -0.378 e. The van der Waals surface area contributed by atoms with Gasteiger partial charge in [-0.3, -0.25) is 9.69 Å². The van der Waals surface area contributed by atoms with E-state index in [9.17, 15) is 4.79 Å². The number of ketones is 1. The molecule has 0 radical (unpaired) electrons. The number of hydrazine groups is 1. The van der Waals surface area contributed by atoms with E-state index in [-0.39, 0.29) is 11.8 Å². The molecule has 3 fully saturated rings. The molecule has 0 aliphatic carbocycles. The van der Waals surface area contributed by atoms with Crippen molar-refractivity contribution in [1.82, 2.24) is 25.6 Å². The second-order valence-electron chi connectivity index (χ2n) is 6.00. The number of hydrogen-bond donors (Lipinski definition) is 2. The Kier molecular flexibility index (Phi) is 5.20. The highest BCUT2D eigenvalue weighted by molar-refractivity contribution is 5.81. The van der Waals surface area contributed by atoms with Crippen molar-refractivity contribution in [3.63, 3.8) is 0 Å². The van der Waals surface area contributed by atoms with Crippen LogP contribution >= 0.6 is 0 Å². The number of piperazine rings is 2. The molecule has 0 spiro atoms. The predicted molar refractivity (Wildman–Crippen MR) is 79.8 cm³/mol. The lowest BCUT2D eigenvalue weighted by atomic mass is 10.1. The molecule has 0 saturated carbocycles. The van der Waals surface area contributed by atoms with Gasteiger partial charge in [-0.25, -0.2) is 10.0 Å². The first-order valence-corrected chi connectivity index (χ1v) is 8.04. The number of hydrogen-bond acceptors (Lipinski definition) is 7. The van der Waals surface area contributed by atoms with Crippen LogP contribution in [0.4, 0.5) is 0 Å². The highest BCUT2D eigenvalue weighted by Crippen LogP contribution is 2.18. The summed E-state index contributed by atoms with van der Waals surface area (Å²) in [7, 11) is 0. The van der Waals surface area contributed by atoms with Gasteiger partial charge in [-0.15, -0.1) is 0 Å². The zero-order valence-corrected chi connectivity index (χ0v) is 12.9. The number of nitrogens with one attached hydrogen (secondary N) is 2. The Labute approximate surface area is 126 Å². The van der Waals surface area contributed by atoms with Crippen molar-refractivity contribution < 1.29 is 9.53 Å². The van der Waals surface area contributed by atoms with Crippen LogP contribution in [0.3, 0.4) is 0 Å². The van der Waals surface area contributed by atoms with Crippen molar-refractivity contribution in [2.45, 2.75) is 19.1 Å². The molecular weight excluding hydrogens is 270 g/mol. The van der Waals surface area contributed by atoms with Crippen molar-refractivity contribution in [3.8, 4) is 0 Å². The molecule has 0 aromatic carbocycles. The lowest BCUT2D eigenvalue weighted by molar-refractivity contribution is -0.186. The predicted octanol–water partition coefficient (Wildman–Crippen LogP) is -1.67. The standard InChI is InChI=1S/C14H27N5O2/c1-12(20)13-11-21-9-8-18(13)19-7-4-16-10-14(19)17-5-2-15-3-6-17/h13-16H,2-11H2,1H3. The molecule has 0 bridgehead atoms. The molecule has 2 atom stereocenters. The molecular formula is C14H27N5O2. The maximum atomic E-state index is 11.9. The minimum atomic E-state index is -0.123. The quantitative estimate of drug-likeness (QED) is 0.646. The number of nitrogens with zero attached hydrogens (tertiary/aromatic N) is 3. The van der Waals surface area contributed by atoms with Crippen LogP contribution in [0.25, 0.3) is 0 Å². The van der Waals surface area contributed by atoms with Crippen LogP contribution in [0.2, 0.25) is 0 Å². The number of ether oxygens (including phenoxy) is 1. The van der Waals surface area contributed by atoms with Gasteiger partial charge >= 0.3 is 0 Å². The third kappa shape index (κ3) is 3.44. The Morgan fingerprint density at radius 2 is 1.81 bits per heavy atom. The van der Waals surface area contributed by atoms with Crippen LogP contribution in [0.1, 0.15) is 6.92 Å². The maximum Gasteiger partial charge on any atom is 0.150 e. The Balaban J connectivity index is 1.74. The van der Waals surface area contributed by atoms with Gasteiger partial charge in [-0.1, -0.05) is 0 Å². The SMILES string of the molecule is CC(=O)C1COCCN1N1CCNCC1N1CCNCC1. The highest BCUT2D eigenvalue weighted by Gasteiger charge is 2.38. The number of Topliss-reactive ketones (excluding diaryl/α,β-unsaturated/α-hetero) is 1. The molecule has 120 valence electrons. The van der Waals surface area contributed by atoms with E-state index in [0.717, 1.165) is 52.4 Å². The Morgan fingerprint density at radius 1 is 1.05 bits per heavy atom. The van der Waals surface area contributed by atoms with Gasteiger partial charge in [0, 0.05) is 52.4 Å². The van der Waals surface area contributed by atoms with Crippen molar-refractivity contribution >= 4 is 5.78 Å². The summed E-state index contributed by atoms with van der Waals surface area (Å²) in [5, 5.41) is 11.6. The summed E-state index contributed by atoms with van der Waals surface area (Å²) in [5.74, 6) is 0.201. The van der Waals surface area contributed by atoms with E-state index in [1.807, 2.05) is 0 Å². The molecule has 3 aliphatic heterocycles. The van der Waals surface area contributed by atoms with E-state index < -0.39 is 0 Å². The van der Waals surface area contributed by atoms with Crippen molar-refractivity contribution in [3.05, 3.63) is 0 Å². The van der Waals surface area contributed by atoms with Crippen LogP contribution in [0, 0.1) is 0 Å². The van der Waals surface area contributed by atoms with Gasteiger partial charge in [-0.2, -0.15) is 0 Å². The molecule has 3 heterocycles. The van der Waals surface area contributed by atoms with E-state index in [0.29, 0.717) is 19.4 Å². The fourth-order valence-corrected chi connectivity index (χ4v) is 3.51. The van der Waals surface area contributed by atoms with Crippen LogP contribution in [0.5, 0.6) is 0 Å². The number of rotatable bonds is 3. The molecule has 2 unspecified atom stereocenters. The van der Waals surface area contributed by atoms with Gasteiger partial charge in [-0.05, 0) is 6.92 Å². The molecule has 3 rings (SSSR count). The van der Waals surface area contributed by atoms with Crippen molar-refractivity contribution in [2.75, 3.05) is 65.6 Å². The Hall–Kier alpha value is -0.570. The van der Waals surface area contributed by atoms with E-state index in [4.69, 9.17) is 4.74 Å². The van der Waals surface area contributed by atoms with Crippen LogP contribution in [0.15, 0.2) is 0 Å². The smallest absolute Gasteiger partial charge is 0.150 e. The second kappa shape index (κ2) is 7.13. The zero-order chi connectivity index (χ0) is 14.7. The van der Waals surface area contributed by atoms with Gasteiger partial charge in [0.1, 0.15) is 6.04 Å². The van der Waals surface area contributed by atoms with Gasteiger partial charge in [0.05, 0.1) is 19.4 Å². The van der Waals surface area contributed by atoms with Crippen molar-refractivity contribution in [1.29, 1.82) is 0 Å². The summed E-state index contributed by atoms with van der Waals surface area (Å²) in [6.45, 7) is 10.8. The lowest BCUT2D eigenvalue weighted by Gasteiger charge is -2.51. The Morgan fingerprint density at radius 3 is 2.57 bits per heavy atom. The third-order valence-electron chi connectivity index (χ3n) is 4.66. The summed E-state index contributed by atoms with van der Waals surface area (Å²) in [4.78, 5) is 14.5. The van der Waals surface area contributed by atoms with Crippen LogP contribution in [-0.4, -0.2) is 98.5 Å². The fraction of sp³-hybridized carbons (Fsp3) is 0.929. The average Bonchev–Trinajstić information content (AvgIpc) is 2.55. The summed E-state index contributed by atoms with van der Waals surface area (Å²) >= 11 is 0. The molecule has 0 amide bonds. The molecule has 0 aromatic heterocycles. The fourth-order valence-electron chi connectivity index (χ4n) is 3.51. The first-order chi connectivity index (χ1) is 10.3. The van der Waals surface area contributed by atoms with Crippen molar-refractivity contribution in [2.24, 2.45) is 0 Å². The molecule has 3 saturated heterocycles. The summed E-state index contributed by atoms with van der Waals surface area (Å²) in [6.07, 6.45) is 0.348. The third-order valence-corrected chi connectivity index (χ3v) is 4.66. The van der Waals surface area contributed by atoms with Crippen LogP contribution in [-0.2, 0) is 9.53 Å². The molecule has 0 aromatic rings. The summed E-state index contributed by atoms with van der Waals surface area (Å²) in [5.41, 5.74) is 0. The van der Waals surface area contributed by atoms with E-state index in [1.54, 1.807) is 6.92 Å². The zero-order valence-electron chi connectivity index (χ0n) is 12.9. The minimum absolute atomic E-state index is 0.123. The summed E-state index contributed by atoms with van der Waals surface area (Å²) < 4.78 is 5.52. The molecule has 7 heteroatoms. The Bertz CT molecular complexity index is 361. The van der Waals surface area contributed by atoms with E-state index in [1.165, 1.54) is 0 Å². The van der Waals surface area contributed by atoms with Crippen LogP contribution < -0.4 is 10.6 Å². The van der Waals surface area contributed by atoms with Gasteiger partial charge in [0.25, 0.3) is 0 Å². The monoisotopic (exact) mass is 297 g/mol. The normalized spacial score (nSPS) is 34.0. The average molecular weight is 297 g/mol. The second-order valence-corrected chi connectivity index (χ2v) is 6.00. The van der Waals surface area contributed by atoms with Gasteiger partial charge in [0.15, 0.2) is 5.78 Å². The summed E-state index contributed by atoms with van der Waals surface area (Å²) in [6, 6.07) is -0.123. The maximum absolute atomic E-state index is 11.9. The molecule has 21 heavy (non-hydrogen) atoms. The van der Waals surface area contributed by atoms with E-state index >= 15 is 0 Å².